The minimum atomic E-state index is 0.458. The second kappa shape index (κ2) is 6.91. The topological polar surface area (TPSA) is 71.6 Å². The van der Waals surface area contributed by atoms with Gasteiger partial charge in [0.1, 0.15) is 5.01 Å². The fraction of sp³-hybridized carbons (Fsp3) is 0.353. The van der Waals surface area contributed by atoms with E-state index in [1.54, 1.807) is 0 Å². The first-order valence-corrected chi connectivity index (χ1v) is 8.58. The van der Waals surface area contributed by atoms with Gasteiger partial charge in [0.25, 0.3) is 0 Å². The molecule has 0 spiro atoms. The van der Waals surface area contributed by atoms with Crippen molar-refractivity contribution < 1.29 is 4.79 Å². The molecule has 1 aromatic carbocycles. The fourth-order valence-corrected chi connectivity index (χ4v) is 3.52. The fourth-order valence-electron chi connectivity index (χ4n) is 2.59. The number of rotatable bonds is 3. The SMILES string of the molecule is CC1CCN(C(N)=N/C=C(\C=O)c2nc3ccccc3s2)CC1. The molecule has 2 aromatic rings. The maximum atomic E-state index is 11.4. The van der Waals surface area contributed by atoms with Gasteiger partial charge >= 0.3 is 0 Å². The predicted molar refractivity (Wildman–Crippen MR) is 95.3 cm³/mol. The van der Waals surface area contributed by atoms with Crippen LogP contribution in [0.2, 0.25) is 0 Å². The number of nitrogens with zero attached hydrogens (tertiary/aromatic N) is 3. The van der Waals surface area contributed by atoms with Gasteiger partial charge in [0, 0.05) is 19.3 Å². The van der Waals surface area contributed by atoms with Gasteiger partial charge in [-0.1, -0.05) is 19.1 Å². The molecule has 1 aliphatic heterocycles. The van der Waals surface area contributed by atoms with Gasteiger partial charge in [-0.2, -0.15) is 0 Å². The molecule has 23 heavy (non-hydrogen) atoms. The van der Waals surface area contributed by atoms with E-state index in [1.807, 2.05) is 24.3 Å². The Morgan fingerprint density at radius 1 is 1.39 bits per heavy atom. The Morgan fingerprint density at radius 2 is 2.13 bits per heavy atom. The van der Waals surface area contributed by atoms with Crippen LogP contribution in [0, 0.1) is 5.92 Å². The highest BCUT2D eigenvalue weighted by molar-refractivity contribution is 7.19. The zero-order chi connectivity index (χ0) is 16.2. The summed E-state index contributed by atoms with van der Waals surface area (Å²) < 4.78 is 1.05. The van der Waals surface area contributed by atoms with Crippen molar-refractivity contribution in [3.05, 3.63) is 35.5 Å². The number of aliphatic imine (C=N–C) groups is 1. The summed E-state index contributed by atoms with van der Waals surface area (Å²) in [5, 5.41) is 0.671. The van der Waals surface area contributed by atoms with E-state index in [1.165, 1.54) is 17.5 Å². The van der Waals surface area contributed by atoms with Crippen molar-refractivity contribution in [2.45, 2.75) is 19.8 Å². The van der Waals surface area contributed by atoms with E-state index in [2.05, 4.69) is 21.8 Å². The number of thiazole rings is 1. The van der Waals surface area contributed by atoms with Crippen LogP contribution in [0.5, 0.6) is 0 Å². The van der Waals surface area contributed by atoms with Crippen molar-refractivity contribution in [2.75, 3.05) is 13.1 Å². The highest BCUT2D eigenvalue weighted by Crippen LogP contribution is 2.26. The van der Waals surface area contributed by atoms with Gasteiger partial charge in [-0.05, 0) is 30.9 Å². The van der Waals surface area contributed by atoms with Crippen molar-refractivity contribution in [1.29, 1.82) is 0 Å². The molecule has 1 fully saturated rings. The zero-order valence-electron chi connectivity index (χ0n) is 13.1. The minimum absolute atomic E-state index is 0.458. The number of fused-ring (bicyclic) bond motifs is 1. The third kappa shape index (κ3) is 3.59. The number of likely N-dealkylation sites (tertiary alicyclic amines) is 1. The van der Waals surface area contributed by atoms with Crippen LogP contribution < -0.4 is 5.73 Å². The zero-order valence-corrected chi connectivity index (χ0v) is 13.9. The normalized spacial score (nSPS) is 17.7. The number of aldehydes is 1. The van der Waals surface area contributed by atoms with Gasteiger partial charge in [0.2, 0.25) is 0 Å². The first kappa shape index (κ1) is 15.7. The number of hydrogen-bond donors (Lipinski definition) is 1. The number of benzene rings is 1. The van der Waals surface area contributed by atoms with Crippen molar-refractivity contribution in [3.8, 4) is 0 Å². The first-order chi connectivity index (χ1) is 11.2. The maximum absolute atomic E-state index is 11.4. The lowest BCUT2D eigenvalue weighted by atomic mass is 10.00. The van der Waals surface area contributed by atoms with Gasteiger partial charge in [0.15, 0.2) is 12.2 Å². The van der Waals surface area contributed by atoms with Gasteiger partial charge in [-0.15, -0.1) is 11.3 Å². The Hall–Kier alpha value is -2.21. The number of hydrogen-bond acceptors (Lipinski definition) is 4. The Balaban J connectivity index is 1.80. The largest absolute Gasteiger partial charge is 0.370 e. The van der Waals surface area contributed by atoms with Crippen LogP contribution in [0.1, 0.15) is 24.8 Å². The highest BCUT2D eigenvalue weighted by atomic mass is 32.1. The number of nitrogens with two attached hydrogens (primary N) is 1. The van der Waals surface area contributed by atoms with Crippen LogP contribution in [-0.2, 0) is 4.79 Å². The van der Waals surface area contributed by atoms with Crippen LogP contribution in [0.15, 0.2) is 35.5 Å². The Labute approximate surface area is 139 Å². The second-order valence-corrected chi connectivity index (χ2v) is 6.88. The monoisotopic (exact) mass is 328 g/mol. The van der Waals surface area contributed by atoms with Crippen LogP contribution in [0.4, 0.5) is 0 Å². The number of para-hydroxylation sites is 1. The number of allylic oxidation sites excluding steroid dienone is 1. The summed E-state index contributed by atoms with van der Waals surface area (Å²) in [6.07, 6.45) is 4.56. The average Bonchev–Trinajstić information content (AvgIpc) is 2.99. The summed E-state index contributed by atoms with van der Waals surface area (Å²) in [5.41, 5.74) is 7.40. The quantitative estimate of drug-likeness (QED) is 0.407. The standard InChI is InChI=1S/C17H20N4OS/c1-12-6-8-21(9-7-12)17(18)19-10-13(11-22)16-20-14-4-2-3-5-15(14)23-16/h2-5,10-12H,6-9H2,1H3,(H2,18,19)/b13-10+. The van der Waals surface area contributed by atoms with Gasteiger partial charge < -0.3 is 10.6 Å². The van der Waals surface area contributed by atoms with E-state index in [-0.39, 0.29) is 0 Å². The van der Waals surface area contributed by atoms with Gasteiger partial charge in [0.05, 0.1) is 15.8 Å². The summed E-state index contributed by atoms with van der Waals surface area (Å²) in [6.45, 7) is 4.09. The third-order valence-corrected chi connectivity index (χ3v) is 5.20. The molecule has 0 atom stereocenters. The second-order valence-electron chi connectivity index (χ2n) is 5.85. The van der Waals surface area contributed by atoms with E-state index in [9.17, 15) is 4.79 Å². The molecule has 2 heterocycles. The minimum Gasteiger partial charge on any atom is -0.370 e. The molecule has 3 rings (SSSR count). The molecule has 1 aromatic heterocycles. The van der Waals surface area contributed by atoms with Gasteiger partial charge in [-0.25, -0.2) is 9.98 Å². The molecule has 120 valence electrons. The molecule has 0 amide bonds. The van der Waals surface area contributed by atoms with E-state index in [0.29, 0.717) is 16.5 Å². The molecular weight excluding hydrogens is 308 g/mol. The predicted octanol–water partition coefficient (Wildman–Crippen LogP) is 2.88. The number of aromatic nitrogens is 1. The highest BCUT2D eigenvalue weighted by Gasteiger charge is 2.17. The van der Waals surface area contributed by atoms with E-state index in [4.69, 9.17) is 5.73 Å². The Kier molecular flexibility index (Phi) is 4.71. The molecule has 0 radical (unpaired) electrons. The van der Waals surface area contributed by atoms with Crippen LogP contribution >= 0.6 is 11.3 Å². The third-order valence-electron chi connectivity index (χ3n) is 4.11. The molecule has 0 saturated carbocycles. The van der Waals surface area contributed by atoms with E-state index < -0.39 is 0 Å². The smallest absolute Gasteiger partial charge is 0.195 e. The van der Waals surface area contributed by atoms with Crippen molar-refractivity contribution in [2.24, 2.45) is 16.6 Å². The van der Waals surface area contributed by atoms with Crippen molar-refractivity contribution in [3.63, 3.8) is 0 Å². The van der Waals surface area contributed by atoms with E-state index in [0.717, 1.165) is 48.4 Å². The molecule has 0 bridgehead atoms. The van der Waals surface area contributed by atoms with Crippen LogP contribution in [0.25, 0.3) is 15.8 Å². The summed E-state index contributed by atoms with van der Waals surface area (Å²) in [5.74, 6) is 1.21. The molecule has 0 aliphatic carbocycles. The van der Waals surface area contributed by atoms with Crippen LogP contribution in [0.3, 0.4) is 0 Å². The molecule has 6 heteroatoms. The summed E-state index contributed by atoms with van der Waals surface area (Å²) in [7, 11) is 0. The average molecular weight is 328 g/mol. The van der Waals surface area contributed by atoms with Crippen LogP contribution in [-0.4, -0.2) is 35.2 Å². The van der Waals surface area contributed by atoms with Crippen molar-refractivity contribution in [1.82, 2.24) is 9.88 Å². The molecule has 1 aliphatic rings. The number of piperidine rings is 1. The first-order valence-electron chi connectivity index (χ1n) is 7.77. The lowest BCUT2D eigenvalue weighted by molar-refractivity contribution is -0.103. The Bertz CT molecular complexity index is 724. The van der Waals surface area contributed by atoms with Gasteiger partial charge in [-0.3, -0.25) is 4.79 Å². The molecule has 1 saturated heterocycles. The summed E-state index contributed by atoms with van der Waals surface area (Å²) >= 11 is 1.48. The van der Waals surface area contributed by atoms with E-state index >= 15 is 0 Å². The number of guanidine groups is 1. The van der Waals surface area contributed by atoms with Crippen molar-refractivity contribution >= 4 is 39.4 Å². The lowest BCUT2D eigenvalue weighted by Crippen LogP contribution is -2.42. The lowest BCUT2D eigenvalue weighted by Gasteiger charge is -2.30. The summed E-state index contributed by atoms with van der Waals surface area (Å²) in [4.78, 5) is 22.2. The molecular formula is C17H20N4OS. The number of carbonyl (C=O) groups is 1. The maximum Gasteiger partial charge on any atom is 0.195 e. The molecule has 2 N–H and O–H groups in total. The molecule has 0 unspecified atom stereocenters. The summed E-state index contributed by atoms with van der Waals surface area (Å²) in [6, 6.07) is 7.82. The Morgan fingerprint density at radius 3 is 2.83 bits per heavy atom. The molecule has 5 nitrogen and oxygen atoms in total. The number of carbonyl (C=O) groups excluding carboxylic acids is 1.